The lowest BCUT2D eigenvalue weighted by atomic mass is 9.72. The number of rotatable bonds is 2. The Morgan fingerprint density at radius 2 is 2.04 bits per heavy atom. The number of hydrogen-bond donors (Lipinski definition) is 2. The van der Waals surface area contributed by atoms with Gasteiger partial charge in [-0.25, -0.2) is 0 Å². The number of benzene rings is 1. The molecule has 0 bridgehead atoms. The third kappa shape index (κ3) is 2.05. The van der Waals surface area contributed by atoms with Gasteiger partial charge in [-0.05, 0) is 29.7 Å². The molecule has 1 aromatic carbocycles. The molecule has 3 heterocycles. The van der Waals surface area contributed by atoms with Crippen molar-refractivity contribution >= 4 is 0 Å². The number of ether oxygens (including phenoxy) is 2. The second-order valence-electron chi connectivity index (χ2n) is 7.67. The summed E-state index contributed by atoms with van der Waals surface area (Å²) in [5.74, 6) is 1.75. The maximum atomic E-state index is 11.2. The highest BCUT2D eigenvalue weighted by Crippen LogP contribution is 2.49. The molecule has 0 saturated carbocycles. The number of nitrogens with one attached hydrogen (secondary N) is 1. The summed E-state index contributed by atoms with van der Waals surface area (Å²) in [7, 11) is 0. The van der Waals surface area contributed by atoms with E-state index < -0.39 is 6.10 Å². The lowest BCUT2D eigenvalue weighted by Gasteiger charge is -2.46. The summed E-state index contributed by atoms with van der Waals surface area (Å²) in [6.45, 7) is 6.55. The second-order valence-corrected chi connectivity index (χ2v) is 7.67. The van der Waals surface area contributed by atoms with Gasteiger partial charge in [0.2, 0.25) is 6.79 Å². The van der Waals surface area contributed by atoms with Gasteiger partial charge in [0.1, 0.15) is 0 Å². The molecule has 5 nitrogen and oxygen atoms in total. The van der Waals surface area contributed by atoms with Gasteiger partial charge >= 0.3 is 0 Å². The predicted octanol–water partition coefficient (Wildman–Crippen LogP) is 1.75. The number of fused-ring (bicyclic) bond motifs is 3. The summed E-state index contributed by atoms with van der Waals surface area (Å²) >= 11 is 0. The third-order valence-electron chi connectivity index (χ3n) is 5.82. The van der Waals surface area contributed by atoms with Gasteiger partial charge in [-0.15, -0.1) is 0 Å². The Bertz CT molecular complexity index is 715. The first-order chi connectivity index (χ1) is 11.6. The van der Waals surface area contributed by atoms with Gasteiger partial charge in [0.15, 0.2) is 11.5 Å². The van der Waals surface area contributed by atoms with Crippen molar-refractivity contribution in [2.45, 2.75) is 57.0 Å². The molecule has 128 valence electrons. The van der Waals surface area contributed by atoms with Gasteiger partial charge < -0.3 is 19.9 Å². The molecule has 1 unspecified atom stereocenters. The molecular formula is C19H24N2O3. The summed E-state index contributed by atoms with van der Waals surface area (Å²) in [4.78, 5) is 2.51. The van der Waals surface area contributed by atoms with Crippen LogP contribution in [0.2, 0.25) is 0 Å². The molecule has 1 saturated heterocycles. The molecule has 5 rings (SSSR count). The van der Waals surface area contributed by atoms with Gasteiger partial charge in [-0.1, -0.05) is 25.5 Å². The Labute approximate surface area is 142 Å². The van der Waals surface area contributed by atoms with E-state index in [1.165, 1.54) is 16.7 Å². The third-order valence-corrected chi connectivity index (χ3v) is 5.82. The number of nitrogens with zero attached hydrogens (tertiary/aromatic N) is 1. The molecular weight excluding hydrogens is 304 g/mol. The standard InChI is InChI=1S/C19H24N2O3/c1-10(2)20-14-5-11-3-4-21-8-12-6-15-16(24-9-23-15)7-13(12)17(18(11)21)19(14)22/h5-7,10,14,17-20,22H,3-4,8-9H2,1-2H3/t14-,17-,18?,19+/m0/s1. The molecule has 5 heteroatoms. The Morgan fingerprint density at radius 1 is 1.25 bits per heavy atom. The summed E-state index contributed by atoms with van der Waals surface area (Å²) < 4.78 is 11.1. The predicted molar refractivity (Wildman–Crippen MR) is 90.3 cm³/mol. The van der Waals surface area contributed by atoms with Crippen LogP contribution < -0.4 is 14.8 Å². The Kier molecular flexibility index (Phi) is 3.21. The lowest BCUT2D eigenvalue weighted by molar-refractivity contribution is 0.0601. The van der Waals surface area contributed by atoms with Crippen molar-refractivity contribution in [3.8, 4) is 11.5 Å². The van der Waals surface area contributed by atoms with E-state index in [2.05, 4.69) is 42.3 Å². The number of hydrogen-bond acceptors (Lipinski definition) is 5. The summed E-state index contributed by atoms with van der Waals surface area (Å²) in [6.07, 6.45) is 2.95. The van der Waals surface area contributed by atoms with E-state index in [4.69, 9.17) is 9.47 Å². The number of aliphatic hydroxyl groups excluding tert-OH is 1. The molecule has 0 amide bonds. The molecule has 1 aliphatic carbocycles. The van der Waals surface area contributed by atoms with E-state index in [1.807, 2.05) is 0 Å². The topological polar surface area (TPSA) is 54.0 Å². The van der Waals surface area contributed by atoms with Crippen LogP contribution in [-0.2, 0) is 6.54 Å². The summed E-state index contributed by atoms with van der Waals surface area (Å²) in [6, 6.07) is 4.91. The fourth-order valence-corrected chi connectivity index (χ4v) is 4.90. The molecule has 4 atom stereocenters. The monoisotopic (exact) mass is 328 g/mol. The smallest absolute Gasteiger partial charge is 0.231 e. The minimum absolute atomic E-state index is 0.0116. The maximum Gasteiger partial charge on any atom is 0.231 e. The van der Waals surface area contributed by atoms with Crippen LogP contribution in [0.1, 0.15) is 37.3 Å². The average molecular weight is 328 g/mol. The average Bonchev–Trinajstić information content (AvgIpc) is 3.15. The van der Waals surface area contributed by atoms with Crippen molar-refractivity contribution in [1.29, 1.82) is 0 Å². The molecule has 4 aliphatic rings. The minimum Gasteiger partial charge on any atom is -0.454 e. The summed E-state index contributed by atoms with van der Waals surface area (Å²) in [5.41, 5.74) is 3.98. The van der Waals surface area contributed by atoms with Crippen LogP contribution in [0.5, 0.6) is 11.5 Å². The van der Waals surface area contributed by atoms with E-state index in [1.54, 1.807) is 0 Å². The van der Waals surface area contributed by atoms with E-state index in [-0.39, 0.29) is 12.0 Å². The first kappa shape index (κ1) is 14.8. The quantitative estimate of drug-likeness (QED) is 0.810. The van der Waals surface area contributed by atoms with Crippen molar-refractivity contribution in [2.24, 2.45) is 0 Å². The van der Waals surface area contributed by atoms with Crippen molar-refractivity contribution in [2.75, 3.05) is 13.3 Å². The van der Waals surface area contributed by atoms with Crippen molar-refractivity contribution in [3.05, 3.63) is 34.9 Å². The van der Waals surface area contributed by atoms with Gasteiger partial charge in [-0.2, -0.15) is 0 Å². The van der Waals surface area contributed by atoms with Crippen LogP contribution in [0.15, 0.2) is 23.8 Å². The Balaban J connectivity index is 1.61. The maximum absolute atomic E-state index is 11.2. The number of aliphatic hydroxyl groups is 1. The minimum atomic E-state index is -0.429. The molecule has 0 radical (unpaired) electrons. The first-order valence-corrected chi connectivity index (χ1v) is 8.93. The highest BCUT2D eigenvalue weighted by Gasteiger charge is 2.49. The van der Waals surface area contributed by atoms with Gasteiger partial charge in [0.05, 0.1) is 12.1 Å². The molecule has 1 aromatic rings. The van der Waals surface area contributed by atoms with Crippen LogP contribution in [0.4, 0.5) is 0 Å². The van der Waals surface area contributed by atoms with E-state index in [0.29, 0.717) is 18.9 Å². The molecule has 2 N–H and O–H groups in total. The van der Waals surface area contributed by atoms with Gasteiger partial charge in [0.25, 0.3) is 0 Å². The van der Waals surface area contributed by atoms with Crippen LogP contribution >= 0.6 is 0 Å². The van der Waals surface area contributed by atoms with Crippen LogP contribution in [0, 0.1) is 0 Å². The highest BCUT2D eigenvalue weighted by atomic mass is 16.7. The molecule has 0 aromatic heterocycles. The highest BCUT2D eigenvalue weighted by molar-refractivity contribution is 5.53. The van der Waals surface area contributed by atoms with Crippen LogP contribution in [0.25, 0.3) is 0 Å². The molecule has 1 fully saturated rings. The zero-order valence-corrected chi connectivity index (χ0v) is 14.2. The second kappa shape index (κ2) is 5.22. The van der Waals surface area contributed by atoms with Gasteiger partial charge in [-0.3, -0.25) is 4.90 Å². The Morgan fingerprint density at radius 3 is 2.83 bits per heavy atom. The molecule has 24 heavy (non-hydrogen) atoms. The molecule has 3 aliphatic heterocycles. The van der Waals surface area contributed by atoms with Gasteiger partial charge in [0, 0.05) is 31.1 Å². The van der Waals surface area contributed by atoms with Crippen LogP contribution in [0.3, 0.4) is 0 Å². The van der Waals surface area contributed by atoms with Crippen molar-refractivity contribution in [3.63, 3.8) is 0 Å². The normalized spacial score (nSPS) is 33.4. The van der Waals surface area contributed by atoms with Crippen molar-refractivity contribution in [1.82, 2.24) is 10.2 Å². The van der Waals surface area contributed by atoms with Crippen LogP contribution in [-0.4, -0.2) is 47.6 Å². The van der Waals surface area contributed by atoms with Crippen molar-refractivity contribution < 1.29 is 14.6 Å². The fourth-order valence-electron chi connectivity index (χ4n) is 4.90. The lowest BCUT2D eigenvalue weighted by Crippen LogP contribution is -2.54. The van der Waals surface area contributed by atoms with E-state index >= 15 is 0 Å². The SMILES string of the molecule is CC(C)N[C@H]1C=C2CCN3Cc4cc5c(cc4[C@@H](C23)[C@@H]1O)OCO5. The van der Waals surface area contributed by atoms with E-state index in [0.717, 1.165) is 31.0 Å². The fraction of sp³-hybridized carbons (Fsp3) is 0.579. The Hall–Kier alpha value is -1.56. The zero-order valence-electron chi connectivity index (χ0n) is 14.2. The zero-order chi connectivity index (χ0) is 16.4. The molecule has 0 spiro atoms. The largest absolute Gasteiger partial charge is 0.454 e. The first-order valence-electron chi connectivity index (χ1n) is 8.93. The van der Waals surface area contributed by atoms with E-state index in [9.17, 15) is 5.11 Å². The summed E-state index contributed by atoms with van der Waals surface area (Å²) in [5, 5.41) is 14.7.